The minimum absolute atomic E-state index is 0.00543. The second-order valence-electron chi connectivity index (χ2n) is 13.3. The third-order valence-corrected chi connectivity index (χ3v) is 9.15. The van der Waals surface area contributed by atoms with Crippen LogP contribution in [0.2, 0.25) is 0 Å². The van der Waals surface area contributed by atoms with Crippen LogP contribution in [0.25, 0.3) is 0 Å². The van der Waals surface area contributed by atoms with E-state index in [4.69, 9.17) is 24.3 Å². The van der Waals surface area contributed by atoms with Crippen LogP contribution in [0.15, 0.2) is 72.9 Å². The van der Waals surface area contributed by atoms with Crippen molar-refractivity contribution >= 4 is 19.8 Å². The first-order valence-corrected chi connectivity index (χ1v) is 22.0. The second kappa shape index (κ2) is 38.7. The van der Waals surface area contributed by atoms with Crippen LogP contribution in [0.4, 0.5) is 0 Å². The average molecular weight is 780 g/mol. The van der Waals surface area contributed by atoms with Crippen molar-refractivity contribution in [3.05, 3.63) is 72.9 Å². The summed E-state index contributed by atoms with van der Waals surface area (Å²) in [7, 11) is -4.44. The number of carbonyl (C=O) groups is 2. The minimum atomic E-state index is -4.44. The molecule has 310 valence electrons. The lowest BCUT2D eigenvalue weighted by Crippen LogP contribution is -2.29. The van der Waals surface area contributed by atoms with Gasteiger partial charge >= 0.3 is 19.8 Å². The number of unbranched alkanes of at least 4 members (excludes halogenated alkanes) is 11. The lowest BCUT2D eigenvalue weighted by atomic mass is 10.1. The van der Waals surface area contributed by atoms with E-state index in [9.17, 15) is 24.2 Å². The number of phosphoric ester groups is 1. The van der Waals surface area contributed by atoms with Crippen LogP contribution in [0, 0.1) is 0 Å². The van der Waals surface area contributed by atoms with Crippen LogP contribution in [-0.2, 0) is 32.7 Å². The highest BCUT2D eigenvalue weighted by Gasteiger charge is 2.26. The van der Waals surface area contributed by atoms with Gasteiger partial charge in [-0.05, 0) is 77.0 Å². The number of nitrogens with two attached hydrogens (primary N) is 1. The maximum Gasteiger partial charge on any atom is 0.472 e. The van der Waals surface area contributed by atoms with Gasteiger partial charge in [0.1, 0.15) is 6.61 Å². The van der Waals surface area contributed by atoms with Crippen molar-refractivity contribution in [2.75, 3.05) is 26.4 Å². The standard InChI is InChI=1S/C43H74NO9P/c1-3-5-7-9-11-13-15-17-18-20-22-24-26-28-30-34-42(46)50-38-41(39-52-54(48,49)51-37-36-44)53-43(47)35-31-33-40(45)32-29-27-25-23-21-19-16-14-12-10-8-6-4-2/h11,13,17-19,21-22,24-25,27,29,32,40-41,45H,3-10,12,14-16,20,23,26,28,30-31,33-39,44H2,1-2H3,(H,48,49)/b13-11-,18-17-,21-19+,24-22-,27-25+,32-29+/t40?,41-/m1/s1. The Morgan fingerprint density at radius 3 is 1.83 bits per heavy atom. The third-order valence-electron chi connectivity index (χ3n) is 8.17. The normalized spacial score (nSPS) is 14.7. The Morgan fingerprint density at radius 1 is 0.648 bits per heavy atom. The zero-order valence-electron chi connectivity index (χ0n) is 33.5. The molecule has 54 heavy (non-hydrogen) atoms. The highest BCUT2D eigenvalue weighted by atomic mass is 31.2. The molecule has 0 aliphatic carbocycles. The number of aliphatic hydroxyl groups is 1. The zero-order chi connectivity index (χ0) is 39.8. The van der Waals surface area contributed by atoms with Gasteiger partial charge < -0.3 is 25.2 Å². The molecule has 0 fully saturated rings. The molecule has 4 N–H and O–H groups in total. The maximum atomic E-state index is 12.6. The summed E-state index contributed by atoms with van der Waals surface area (Å²) in [4.78, 5) is 34.8. The fourth-order valence-electron chi connectivity index (χ4n) is 5.06. The molecule has 0 saturated heterocycles. The van der Waals surface area contributed by atoms with Gasteiger partial charge in [-0.15, -0.1) is 0 Å². The third kappa shape index (κ3) is 37.7. The van der Waals surface area contributed by atoms with Crippen molar-refractivity contribution in [1.29, 1.82) is 0 Å². The first-order valence-electron chi connectivity index (χ1n) is 20.5. The van der Waals surface area contributed by atoms with Gasteiger partial charge in [0.2, 0.25) is 0 Å². The van der Waals surface area contributed by atoms with E-state index >= 15 is 0 Å². The van der Waals surface area contributed by atoms with Gasteiger partial charge in [0.05, 0.1) is 19.3 Å². The molecule has 0 aliphatic heterocycles. The molecule has 0 aromatic rings. The first-order chi connectivity index (χ1) is 26.2. The molecule has 0 spiro atoms. The van der Waals surface area contributed by atoms with E-state index in [1.807, 2.05) is 12.2 Å². The van der Waals surface area contributed by atoms with E-state index in [1.54, 1.807) is 12.2 Å². The van der Waals surface area contributed by atoms with Gasteiger partial charge in [0.25, 0.3) is 0 Å². The number of ether oxygens (including phenoxy) is 2. The monoisotopic (exact) mass is 780 g/mol. The molecule has 0 rings (SSSR count). The summed E-state index contributed by atoms with van der Waals surface area (Å²) in [5.74, 6) is -1.08. The summed E-state index contributed by atoms with van der Waals surface area (Å²) < 4.78 is 32.5. The molecule has 0 aromatic heterocycles. The molecule has 0 aromatic carbocycles. The number of carbonyl (C=O) groups excluding carboxylic acids is 2. The number of rotatable bonds is 37. The number of allylic oxidation sites excluding steroid dienone is 11. The predicted octanol–water partition coefficient (Wildman–Crippen LogP) is 10.5. The van der Waals surface area contributed by atoms with Gasteiger partial charge in [0.15, 0.2) is 6.10 Å². The van der Waals surface area contributed by atoms with E-state index in [-0.39, 0.29) is 32.6 Å². The largest absolute Gasteiger partial charge is 0.472 e. The zero-order valence-corrected chi connectivity index (χ0v) is 34.4. The van der Waals surface area contributed by atoms with E-state index in [0.29, 0.717) is 19.3 Å². The molecule has 11 heteroatoms. The summed E-state index contributed by atoms with van der Waals surface area (Å²) >= 11 is 0. The molecule has 0 bridgehead atoms. The number of phosphoric acid groups is 1. The Kier molecular flexibility index (Phi) is 36.8. The summed E-state index contributed by atoms with van der Waals surface area (Å²) in [6, 6.07) is 0. The molecule has 10 nitrogen and oxygen atoms in total. The maximum absolute atomic E-state index is 12.6. The topological polar surface area (TPSA) is 155 Å². The van der Waals surface area contributed by atoms with Crippen molar-refractivity contribution in [2.45, 2.75) is 161 Å². The van der Waals surface area contributed by atoms with Crippen molar-refractivity contribution in [2.24, 2.45) is 5.73 Å². The van der Waals surface area contributed by atoms with E-state index in [2.05, 4.69) is 62.5 Å². The molecule has 3 atom stereocenters. The number of hydrogen-bond donors (Lipinski definition) is 3. The van der Waals surface area contributed by atoms with Gasteiger partial charge in [-0.1, -0.05) is 132 Å². The molecular formula is C43H74NO9P. The SMILES string of the molecule is CCCCC/C=C\C/C=C\C/C=C\CCCCC(=O)OC[C@H](COP(=O)(O)OCCN)OC(=O)CCCC(O)/C=C/C=C/C/C=C/CCCCCCCC. The Balaban J connectivity index is 4.47. The predicted molar refractivity (Wildman–Crippen MR) is 221 cm³/mol. The van der Waals surface area contributed by atoms with E-state index in [0.717, 1.165) is 44.9 Å². The summed E-state index contributed by atoms with van der Waals surface area (Å²) in [6.07, 6.45) is 42.5. The van der Waals surface area contributed by atoms with Crippen LogP contribution in [0.5, 0.6) is 0 Å². The molecule has 0 radical (unpaired) electrons. The summed E-state index contributed by atoms with van der Waals surface area (Å²) in [5.41, 5.74) is 5.32. The highest BCUT2D eigenvalue weighted by molar-refractivity contribution is 7.47. The van der Waals surface area contributed by atoms with Gasteiger partial charge in [0, 0.05) is 19.4 Å². The molecule has 0 heterocycles. The van der Waals surface area contributed by atoms with E-state index in [1.165, 1.54) is 57.8 Å². The number of aliphatic hydroxyl groups excluding tert-OH is 1. The lowest BCUT2D eigenvalue weighted by molar-refractivity contribution is -0.161. The van der Waals surface area contributed by atoms with Crippen LogP contribution >= 0.6 is 7.82 Å². The van der Waals surface area contributed by atoms with Crippen molar-refractivity contribution in [3.63, 3.8) is 0 Å². The van der Waals surface area contributed by atoms with Crippen molar-refractivity contribution in [1.82, 2.24) is 0 Å². The van der Waals surface area contributed by atoms with Crippen LogP contribution in [0.1, 0.15) is 149 Å². The molecular weight excluding hydrogens is 705 g/mol. The smallest absolute Gasteiger partial charge is 0.462 e. The minimum Gasteiger partial charge on any atom is -0.462 e. The Hall–Kier alpha value is -2.59. The number of hydrogen-bond acceptors (Lipinski definition) is 9. The van der Waals surface area contributed by atoms with E-state index < -0.39 is 38.6 Å². The lowest BCUT2D eigenvalue weighted by Gasteiger charge is -2.20. The van der Waals surface area contributed by atoms with Crippen LogP contribution < -0.4 is 5.73 Å². The summed E-state index contributed by atoms with van der Waals surface area (Å²) in [6.45, 7) is 3.40. The number of esters is 2. The summed E-state index contributed by atoms with van der Waals surface area (Å²) in [5, 5.41) is 10.3. The fourth-order valence-corrected chi connectivity index (χ4v) is 5.82. The highest BCUT2D eigenvalue weighted by Crippen LogP contribution is 2.43. The molecule has 0 saturated carbocycles. The Bertz CT molecular complexity index is 1130. The average Bonchev–Trinajstić information content (AvgIpc) is 3.15. The van der Waals surface area contributed by atoms with Crippen LogP contribution in [0.3, 0.4) is 0 Å². The van der Waals surface area contributed by atoms with Crippen LogP contribution in [-0.4, -0.2) is 60.5 Å². The van der Waals surface area contributed by atoms with Crippen molar-refractivity contribution < 1.29 is 42.7 Å². The molecule has 0 aliphatic rings. The fraction of sp³-hybridized carbons (Fsp3) is 0.674. The Labute approximate surface area is 327 Å². The Morgan fingerprint density at radius 2 is 1.19 bits per heavy atom. The molecule has 2 unspecified atom stereocenters. The van der Waals surface area contributed by atoms with Gasteiger partial charge in [-0.3, -0.25) is 18.6 Å². The van der Waals surface area contributed by atoms with Gasteiger partial charge in [-0.25, -0.2) is 4.57 Å². The second-order valence-corrected chi connectivity index (χ2v) is 14.8. The van der Waals surface area contributed by atoms with Gasteiger partial charge in [-0.2, -0.15) is 0 Å². The van der Waals surface area contributed by atoms with Crippen molar-refractivity contribution in [3.8, 4) is 0 Å². The quantitative estimate of drug-likeness (QED) is 0.0182. The molecule has 0 amide bonds. The first kappa shape index (κ1) is 51.4.